The van der Waals surface area contributed by atoms with Gasteiger partial charge in [-0.2, -0.15) is 0 Å². The predicted octanol–water partition coefficient (Wildman–Crippen LogP) is 2.18. The third kappa shape index (κ3) is 1.26. The van der Waals surface area contributed by atoms with Crippen LogP contribution in [0.2, 0.25) is 0 Å². The average molecular weight is 287 g/mol. The van der Waals surface area contributed by atoms with Crippen molar-refractivity contribution in [2.75, 3.05) is 0 Å². The fourth-order valence-electron chi connectivity index (χ4n) is 8.16. The SMILES string of the molecule is O=C1C2CC3CC2C(C3O)N1C12CC3CC(CC(C3)C1)C2. The van der Waals surface area contributed by atoms with Crippen molar-refractivity contribution in [3.8, 4) is 0 Å². The highest BCUT2D eigenvalue weighted by Gasteiger charge is 2.68. The van der Waals surface area contributed by atoms with Crippen molar-refractivity contribution in [2.24, 2.45) is 35.5 Å². The molecule has 3 nitrogen and oxygen atoms in total. The second-order valence-electron chi connectivity index (χ2n) is 9.33. The molecule has 1 amide bonds. The number of hydrogen-bond donors (Lipinski definition) is 1. The number of aliphatic hydroxyl groups excluding tert-OH is 1. The summed E-state index contributed by atoms with van der Waals surface area (Å²) in [5, 5.41) is 10.7. The highest BCUT2D eigenvalue weighted by molar-refractivity contribution is 5.84. The molecule has 6 saturated carbocycles. The van der Waals surface area contributed by atoms with Crippen LogP contribution in [0.4, 0.5) is 0 Å². The molecular formula is C18H25NO2. The van der Waals surface area contributed by atoms with Crippen LogP contribution in [-0.4, -0.2) is 33.6 Å². The molecule has 114 valence electrons. The molecule has 0 aromatic heterocycles. The highest BCUT2D eigenvalue weighted by Crippen LogP contribution is 2.63. The first-order valence-corrected chi connectivity index (χ1v) is 9.16. The minimum atomic E-state index is -0.217. The Balaban J connectivity index is 1.44. The molecule has 0 radical (unpaired) electrons. The Labute approximate surface area is 126 Å². The number of aliphatic hydroxyl groups is 1. The minimum Gasteiger partial charge on any atom is -0.391 e. The minimum absolute atomic E-state index is 0.156. The summed E-state index contributed by atoms with van der Waals surface area (Å²) in [6.07, 6.45) is 9.88. The molecule has 1 N–H and O–H groups in total. The van der Waals surface area contributed by atoms with Crippen molar-refractivity contribution in [3.05, 3.63) is 0 Å². The third-order valence-corrected chi connectivity index (χ3v) is 8.29. The highest BCUT2D eigenvalue weighted by atomic mass is 16.3. The molecule has 3 heteroatoms. The van der Waals surface area contributed by atoms with E-state index in [1.54, 1.807) is 0 Å². The predicted molar refractivity (Wildman–Crippen MR) is 77.2 cm³/mol. The molecular weight excluding hydrogens is 262 g/mol. The molecule has 6 aliphatic carbocycles. The van der Waals surface area contributed by atoms with Crippen LogP contribution in [-0.2, 0) is 4.79 Å². The zero-order valence-electron chi connectivity index (χ0n) is 12.6. The van der Waals surface area contributed by atoms with Crippen molar-refractivity contribution in [2.45, 2.75) is 69.1 Å². The topological polar surface area (TPSA) is 40.5 Å². The number of likely N-dealkylation sites (tertiary alicyclic amines) is 1. The first kappa shape index (κ1) is 11.9. The smallest absolute Gasteiger partial charge is 0.226 e. The van der Waals surface area contributed by atoms with E-state index in [9.17, 15) is 9.90 Å². The summed E-state index contributed by atoms with van der Waals surface area (Å²) in [4.78, 5) is 15.4. The molecule has 1 heterocycles. The lowest BCUT2D eigenvalue weighted by atomic mass is 9.52. The van der Waals surface area contributed by atoms with Gasteiger partial charge in [0.2, 0.25) is 5.91 Å². The number of amides is 1. The second-order valence-corrected chi connectivity index (χ2v) is 9.33. The van der Waals surface area contributed by atoms with Gasteiger partial charge in [-0.15, -0.1) is 0 Å². The number of carbonyl (C=O) groups is 1. The second kappa shape index (κ2) is 3.50. The number of rotatable bonds is 1. The molecule has 0 aromatic carbocycles. The molecule has 5 atom stereocenters. The molecule has 6 bridgehead atoms. The van der Waals surface area contributed by atoms with E-state index >= 15 is 0 Å². The first-order valence-electron chi connectivity index (χ1n) is 9.16. The lowest BCUT2D eigenvalue weighted by Crippen LogP contribution is -2.63. The standard InChI is InChI=1S/C18H25NO2/c20-16-12-4-13-14(5-12)17(21)19(15(13)16)18-6-9-1-10(7-18)3-11(2-9)8-18/h9-16,20H,1-8H2. The van der Waals surface area contributed by atoms with Crippen molar-refractivity contribution in [3.63, 3.8) is 0 Å². The van der Waals surface area contributed by atoms with Crippen LogP contribution in [0.25, 0.3) is 0 Å². The Bertz CT molecular complexity index is 494. The maximum absolute atomic E-state index is 13.1. The number of carbonyl (C=O) groups excluding carboxylic acids is 1. The summed E-state index contributed by atoms with van der Waals surface area (Å²) in [6, 6.07) is 0.192. The van der Waals surface area contributed by atoms with Gasteiger partial charge in [-0.3, -0.25) is 4.79 Å². The van der Waals surface area contributed by atoms with Crippen molar-refractivity contribution >= 4 is 5.91 Å². The van der Waals surface area contributed by atoms with E-state index in [4.69, 9.17) is 0 Å². The monoisotopic (exact) mass is 287 g/mol. The maximum atomic E-state index is 13.1. The van der Waals surface area contributed by atoms with E-state index in [1.165, 1.54) is 38.5 Å². The molecule has 7 rings (SSSR count). The number of fused-ring (bicyclic) bond motifs is 1. The number of nitrogens with zero attached hydrogens (tertiary/aromatic N) is 1. The van der Waals surface area contributed by atoms with Crippen LogP contribution < -0.4 is 0 Å². The molecule has 1 aliphatic heterocycles. The lowest BCUT2D eigenvalue weighted by Gasteiger charge is -2.61. The Morgan fingerprint density at radius 3 is 2.14 bits per heavy atom. The molecule has 0 aromatic rings. The van der Waals surface area contributed by atoms with Gasteiger partial charge >= 0.3 is 0 Å². The van der Waals surface area contributed by atoms with E-state index in [0.717, 1.165) is 30.6 Å². The van der Waals surface area contributed by atoms with E-state index in [1.807, 2.05) is 0 Å². The Kier molecular flexibility index (Phi) is 1.99. The van der Waals surface area contributed by atoms with Gasteiger partial charge in [0.1, 0.15) is 0 Å². The van der Waals surface area contributed by atoms with Gasteiger partial charge in [0.25, 0.3) is 0 Å². The third-order valence-electron chi connectivity index (χ3n) is 8.29. The summed E-state index contributed by atoms with van der Waals surface area (Å²) in [5.41, 5.74) is 0.156. The van der Waals surface area contributed by atoms with E-state index in [2.05, 4.69) is 4.90 Å². The lowest BCUT2D eigenvalue weighted by molar-refractivity contribution is -0.154. The normalized spacial score (nSPS) is 63.1. The molecule has 0 spiro atoms. The van der Waals surface area contributed by atoms with Crippen LogP contribution in [0.1, 0.15) is 51.4 Å². The molecule has 7 fully saturated rings. The van der Waals surface area contributed by atoms with Gasteiger partial charge in [-0.25, -0.2) is 0 Å². The van der Waals surface area contributed by atoms with Crippen molar-refractivity contribution in [1.82, 2.24) is 4.90 Å². The average Bonchev–Trinajstić information content (AvgIpc) is 3.01. The Morgan fingerprint density at radius 2 is 1.57 bits per heavy atom. The summed E-state index contributed by atoms with van der Waals surface area (Å²) in [7, 11) is 0. The fraction of sp³-hybridized carbons (Fsp3) is 0.944. The quantitative estimate of drug-likeness (QED) is 0.803. The zero-order valence-corrected chi connectivity index (χ0v) is 12.6. The van der Waals surface area contributed by atoms with Gasteiger partial charge < -0.3 is 10.0 Å². The van der Waals surface area contributed by atoms with Gasteiger partial charge in [0.05, 0.1) is 12.1 Å². The summed E-state index contributed by atoms with van der Waals surface area (Å²) >= 11 is 0. The van der Waals surface area contributed by atoms with Gasteiger partial charge in [-0.1, -0.05) is 0 Å². The van der Waals surface area contributed by atoms with Crippen LogP contribution >= 0.6 is 0 Å². The van der Waals surface area contributed by atoms with Crippen LogP contribution in [0.5, 0.6) is 0 Å². The fourth-order valence-corrected chi connectivity index (χ4v) is 8.16. The Morgan fingerprint density at radius 1 is 0.952 bits per heavy atom. The number of hydrogen-bond acceptors (Lipinski definition) is 2. The van der Waals surface area contributed by atoms with Gasteiger partial charge in [-0.05, 0) is 81.0 Å². The van der Waals surface area contributed by atoms with Crippen molar-refractivity contribution in [1.29, 1.82) is 0 Å². The van der Waals surface area contributed by atoms with E-state index in [-0.39, 0.29) is 23.6 Å². The molecule has 5 unspecified atom stereocenters. The van der Waals surface area contributed by atoms with Crippen molar-refractivity contribution < 1.29 is 9.90 Å². The summed E-state index contributed by atoms with van der Waals surface area (Å²) in [5.74, 6) is 4.24. The summed E-state index contributed by atoms with van der Waals surface area (Å²) < 4.78 is 0. The molecule has 1 saturated heterocycles. The maximum Gasteiger partial charge on any atom is 0.226 e. The van der Waals surface area contributed by atoms with Crippen LogP contribution in [0.3, 0.4) is 0 Å². The largest absolute Gasteiger partial charge is 0.391 e. The van der Waals surface area contributed by atoms with Gasteiger partial charge in [0, 0.05) is 11.5 Å². The Hall–Kier alpha value is -0.570. The van der Waals surface area contributed by atoms with Gasteiger partial charge in [0.15, 0.2) is 0 Å². The van der Waals surface area contributed by atoms with Crippen LogP contribution in [0.15, 0.2) is 0 Å². The first-order chi connectivity index (χ1) is 10.1. The van der Waals surface area contributed by atoms with E-state index < -0.39 is 0 Å². The molecule has 7 aliphatic rings. The molecule has 21 heavy (non-hydrogen) atoms. The zero-order chi connectivity index (χ0) is 13.9. The summed E-state index contributed by atoms with van der Waals surface area (Å²) in [6.45, 7) is 0. The van der Waals surface area contributed by atoms with Crippen LogP contribution in [0, 0.1) is 35.5 Å². The van der Waals surface area contributed by atoms with E-state index in [0.29, 0.717) is 17.7 Å².